The molecule has 1 unspecified atom stereocenters. The molecule has 0 radical (unpaired) electrons. The Labute approximate surface area is 109 Å². The molecule has 2 rings (SSSR count). The van der Waals surface area contributed by atoms with E-state index in [4.69, 9.17) is 0 Å². The summed E-state index contributed by atoms with van der Waals surface area (Å²) in [4.78, 5) is 13.3. The third-order valence-corrected chi connectivity index (χ3v) is 3.18. The van der Waals surface area contributed by atoms with Crippen molar-refractivity contribution in [2.45, 2.75) is 12.8 Å². The average Bonchev–Trinajstić information content (AvgIpc) is 2.80. The van der Waals surface area contributed by atoms with E-state index in [0.717, 1.165) is 0 Å². The van der Waals surface area contributed by atoms with E-state index >= 15 is 0 Å². The number of amides is 1. The maximum absolute atomic E-state index is 13.3. The highest BCUT2D eigenvalue weighted by Gasteiger charge is 2.30. The van der Waals surface area contributed by atoms with Gasteiger partial charge in [-0.3, -0.25) is 9.69 Å². The Balaban J connectivity index is 1.84. The first kappa shape index (κ1) is 13.9. The zero-order valence-corrected chi connectivity index (χ0v) is 10.3. The number of rotatable bonds is 4. The quantitative estimate of drug-likeness (QED) is 0.912. The molecule has 0 saturated carbocycles. The van der Waals surface area contributed by atoms with E-state index in [1.54, 1.807) is 11.0 Å². The molecular weight excluding hydrogens is 257 g/mol. The number of carbonyl (C=O) groups excluding carboxylic acids is 1. The van der Waals surface area contributed by atoms with Gasteiger partial charge < -0.3 is 5.32 Å². The van der Waals surface area contributed by atoms with E-state index < -0.39 is 18.2 Å². The highest BCUT2D eigenvalue weighted by atomic mass is 19.3. The molecule has 1 heterocycles. The molecule has 1 aromatic rings. The number of para-hydroxylation sites is 1. The normalized spacial score (nSPS) is 19.9. The summed E-state index contributed by atoms with van der Waals surface area (Å²) >= 11 is 0. The number of halogens is 3. The summed E-state index contributed by atoms with van der Waals surface area (Å²) in [5.74, 6) is -1.57. The van der Waals surface area contributed by atoms with Crippen LogP contribution in [0.1, 0.15) is 6.42 Å². The van der Waals surface area contributed by atoms with Crippen LogP contribution < -0.4 is 5.32 Å². The molecule has 0 aromatic heterocycles. The van der Waals surface area contributed by atoms with Crippen molar-refractivity contribution in [3.8, 4) is 0 Å². The lowest BCUT2D eigenvalue weighted by atomic mass is 10.1. The molecule has 1 aliphatic heterocycles. The first-order chi connectivity index (χ1) is 9.06. The summed E-state index contributed by atoms with van der Waals surface area (Å²) in [5, 5.41) is 2.44. The third kappa shape index (κ3) is 3.70. The smallest absolute Gasteiger partial charge is 0.242 e. The topological polar surface area (TPSA) is 32.3 Å². The van der Waals surface area contributed by atoms with Gasteiger partial charge in [-0.15, -0.1) is 0 Å². The number of carbonyl (C=O) groups is 1. The highest BCUT2D eigenvalue weighted by molar-refractivity contribution is 5.92. The van der Waals surface area contributed by atoms with Crippen molar-refractivity contribution in [1.82, 2.24) is 4.90 Å². The predicted octanol–water partition coefficient (Wildman–Crippen LogP) is 2.35. The van der Waals surface area contributed by atoms with Crippen LogP contribution in [0.3, 0.4) is 0 Å². The van der Waals surface area contributed by atoms with E-state index in [1.807, 2.05) is 0 Å². The van der Waals surface area contributed by atoms with E-state index in [0.29, 0.717) is 13.0 Å². The molecule has 1 atom stereocenters. The Kier molecular flexibility index (Phi) is 4.42. The van der Waals surface area contributed by atoms with Crippen LogP contribution in [-0.4, -0.2) is 36.9 Å². The maximum atomic E-state index is 13.3. The van der Waals surface area contributed by atoms with Crippen molar-refractivity contribution >= 4 is 11.6 Å². The number of benzene rings is 1. The fourth-order valence-corrected chi connectivity index (χ4v) is 2.17. The fraction of sp³-hybridized carbons (Fsp3) is 0.462. The van der Waals surface area contributed by atoms with Crippen LogP contribution >= 0.6 is 0 Å². The molecule has 3 nitrogen and oxygen atoms in total. The zero-order chi connectivity index (χ0) is 13.8. The highest BCUT2D eigenvalue weighted by Crippen LogP contribution is 2.22. The van der Waals surface area contributed by atoms with Gasteiger partial charge in [0, 0.05) is 12.5 Å². The zero-order valence-electron chi connectivity index (χ0n) is 10.3. The van der Waals surface area contributed by atoms with Gasteiger partial charge >= 0.3 is 0 Å². The minimum absolute atomic E-state index is 0.0115. The van der Waals surface area contributed by atoms with Crippen molar-refractivity contribution in [1.29, 1.82) is 0 Å². The summed E-state index contributed by atoms with van der Waals surface area (Å²) < 4.78 is 38.3. The number of nitrogens with zero attached hydrogens (tertiary/aromatic N) is 1. The summed E-state index contributed by atoms with van der Waals surface area (Å²) in [5.41, 5.74) is 0.108. The molecule has 6 heteroatoms. The van der Waals surface area contributed by atoms with Gasteiger partial charge in [-0.05, 0) is 25.1 Å². The fourth-order valence-electron chi connectivity index (χ4n) is 2.17. The molecule has 1 aromatic carbocycles. The Bertz CT molecular complexity index is 453. The molecule has 1 amide bonds. The summed E-state index contributed by atoms with van der Waals surface area (Å²) in [6, 6.07) is 5.84. The molecule has 0 aliphatic carbocycles. The van der Waals surface area contributed by atoms with E-state index in [1.165, 1.54) is 18.2 Å². The third-order valence-electron chi connectivity index (χ3n) is 3.18. The van der Waals surface area contributed by atoms with Gasteiger partial charge in [0.25, 0.3) is 0 Å². The Morgan fingerprint density at radius 3 is 2.79 bits per heavy atom. The van der Waals surface area contributed by atoms with Crippen LogP contribution in [0.5, 0.6) is 0 Å². The number of nitrogens with one attached hydrogen (secondary N) is 1. The maximum Gasteiger partial charge on any atom is 0.242 e. The van der Waals surface area contributed by atoms with Crippen molar-refractivity contribution < 1.29 is 18.0 Å². The van der Waals surface area contributed by atoms with E-state index in [2.05, 4.69) is 5.32 Å². The summed E-state index contributed by atoms with van der Waals surface area (Å²) in [7, 11) is 0. The van der Waals surface area contributed by atoms with E-state index in [9.17, 15) is 18.0 Å². The van der Waals surface area contributed by atoms with Crippen molar-refractivity contribution in [2.75, 3.05) is 25.0 Å². The largest absolute Gasteiger partial charge is 0.322 e. The number of hydrogen-bond donors (Lipinski definition) is 1. The molecule has 1 saturated heterocycles. The predicted molar refractivity (Wildman–Crippen MR) is 65.6 cm³/mol. The lowest BCUT2D eigenvalue weighted by Gasteiger charge is -2.15. The number of alkyl halides is 2. The van der Waals surface area contributed by atoms with Crippen LogP contribution in [0.15, 0.2) is 24.3 Å². The second-order valence-corrected chi connectivity index (χ2v) is 4.65. The van der Waals surface area contributed by atoms with Gasteiger partial charge in [0.15, 0.2) is 0 Å². The van der Waals surface area contributed by atoms with Crippen LogP contribution in [0.4, 0.5) is 18.9 Å². The van der Waals surface area contributed by atoms with Gasteiger partial charge in [0.1, 0.15) is 5.82 Å². The molecule has 104 valence electrons. The first-order valence-corrected chi connectivity index (χ1v) is 6.11. The standard InChI is InChI=1S/C13H15F3N2O/c14-10-3-1-2-4-11(10)17-12(19)8-18-6-5-9(7-18)13(15)16/h1-4,9,13H,5-8H2,(H,17,19). The Morgan fingerprint density at radius 1 is 1.42 bits per heavy atom. The second-order valence-electron chi connectivity index (χ2n) is 4.65. The Hall–Kier alpha value is -1.56. The van der Waals surface area contributed by atoms with Crippen LogP contribution in [0.2, 0.25) is 0 Å². The molecule has 1 aliphatic rings. The van der Waals surface area contributed by atoms with Gasteiger partial charge in [0.05, 0.1) is 12.2 Å². The van der Waals surface area contributed by atoms with E-state index in [-0.39, 0.29) is 24.7 Å². The number of likely N-dealkylation sites (tertiary alicyclic amines) is 1. The molecule has 1 fully saturated rings. The average molecular weight is 272 g/mol. The van der Waals surface area contributed by atoms with Crippen molar-refractivity contribution in [2.24, 2.45) is 5.92 Å². The molecule has 19 heavy (non-hydrogen) atoms. The minimum Gasteiger partial charge on any atom is -0.322 e. The van der Waals surface area contributed by atoms with Crippen LogP contribution in [-0.2, 0) is 4.79 Å². The lowest BCUT2D eigenvalue weighted by Crippen LogP contribution is -2.32. The monoisotopic (exact) mass is 272 g/mol. The van der Waals surface area contributed by atoms with Crippen molar-refractivity contribution in [3.63, 3.8) is 0 Å². The number of anilines is 1. The van der Waals surface area contributed by atoms with Gasteiger partial charge in [-0.25, -0.2) is 13.2 Å². The van der Waals surface area contributed by atoms with Crippen LogP contribution in [0.25, 0.3) is 0 Å². The summed E-state index contributed by atoms with van der Waals surface area (Å²) in [6.45, 7) is 0.694. The molecule has 0 spiro atoms. The second kappa shape index (κ2) is 6.06. The molecular formula is C13H15F3N2O. The number of hydrogen-bond acceptors (Lipinski definition) is 2. The van der Waals surface area contributed by atoms with Gasteiger partial charge in [-0.2, -0.15) is 0 Å². The van der Waals surface area contributed by atoms with Crippen molar-refractivity contribution in [3.05, 3.63) is 30.1 Å². The Morgan fingerprint density at radius 2 is 2.16 bits per heavy atom. The molecule has 1 N–H and O–H groups in total. The lowest BCUT2D eigenvalue weighted by molar-refractivity contribution is -0.117. The first-order valence-electron chi connectivity index (χ1n) is 6.11. The SMILES string of the molecule is O=C(CN1CCC(C(F)F)C1)Nc1ccccc1F. The minimum atomic E-state index is -2.35. The molecule has 0 bridgehead atoms. The van der Waals surface area contributed by atoms with Gasteiger partial charge in [0.2, 0.25) is 12.3 Å². The summed E-state index contributed by atoms with van der Waals surface area (Å²) in [6.07, 6.45) is -1.95. The van der Waals surface area contributed by atoms with Crippen LogP contribution in [0, 0.1) is 11.7 Å². The van der Waals surface area contributed by atoms with Gasteiger partial charge in [-0.1, -0.05) is 12.1 Å².